The van der Waals surface area contributed by atoms with Gasteiger partial charge in [0, 0.05) is 18.2 Å². The Morgan fingerprint density at radius 2 is 2.15 bits per heavy atom. The van der Waals surface area contributed by atoms with Gasteiger partial charge < -0.3 is 14.3 Å². The summed E-state index contributed by atoms with van der Waals surface area (Å²) in [7, 11) is 0. The van der Waals surface area contributed by atoms with Crippen LogP contribution in [0.2, 0.25) is 0 Å². The van der Waals surface area contributed by atoms with Crippen molar-refractivity contribution in [3.05, 3.63) is 54.2 Å². The minimum absolute atomic E-state index is 0.478. The van der Waals surface area contributed by atoms with E-state index in [-0.39, 0.29) is 0 Å². The Labute approximate surface area is 118 Å². The number of para-hydroxylation sites is 2. The molecule has 2 aromatic heterocycles. The predicted molar refractivity (Wildman–Crippen MR) is 79.5 cm³/mol. The van der Waals surface area contributed by atoms with Crippen molar-refractivity contribution in [2.75, 3.05) is 0 Å². The molecular formula is C16H19N3O. The van der Waals surface area contributed by atoms with Gasteiger partial charge in [0.25, 0.3) is 0 Å². The summed E-state index contributed by atoms with van der Waals surface area (Å²) in [5.74, 6) is 0.953. The van der Waals surface area contributed by atoms with Crippen molar-refractivity contribution in [1.82, 2.24) is 14.9 Å². The zero-order chi connectivity index (χ0) is 13.9. The number of hydrogen-bond donors (Lipinski definition) is 1. The quantitative estimate of drug-likeness (QED) is 0.773. The van der Waals surface area contributed by atoms with Gasteiger partial charge in [-0.2, -0.15) is 0 Å². The second kappa shape index (κ2) is 5.51. The minimum Gasteiger partial charge on any atom is -0.467 e. The van der Waals surface area contributed by atoms with E-state index in [9.17, 15) is 0 Å². The van der Waals surface area contributed by atoms with E-state index in [1.807, 2.05) is 30.8 Å². The van der Waals surface area contributed by atoms with E-state index in [4.69, 9.17) is 4.42 Å². The van der Waals surface area contributed by atoms with Crippen molar-refractivity contribution >= 4 is 11.0 Å². The van der Waals surface area contributed by atoms with Crippen LogP contribution in [0.5, 0.6) is 0 Å². The van der Waals surface area contributed by atoms with Crippen LogP contribution in [-0.2, 0) is 13.1 Å². The summed E-state index contributed by atoms with van der Waals surface area (Å²) in [6.45, 7) is 5.82. The molecule has 0 amide bonds. The van der Waals surface area contributed by atoms with E-state index in [1.165, 1.54) is 5.56 Å². The standard InChI is InChI=1S/C16H19N3O/c1-12(2)17-8-13-7-14(20-10-13)9-19-11-18-15-5-3-4-6-16(15)19/h3-7,10-12,17H,8-9H2,1-2H3. The second-order valence-corrected chi connectivity index (χ2v) is 5.32. The highest BCUT2D eigenvalue weighted by atomic mass is 16.3. The third-order valence-corrected chi connectivity index (χ3v) is 3.28. The molecule has 1 N–H and O–H groups in total. The third kappa shape index (κ3) is 2.75. The first-order chi connectivity index (χ1) is 9.72. The van der Waals surface area contributed by atoms with Gasteiger partial charge in [-0.1, -0.05) is 26.0 Å². The minimum atomic E-state index is 0.478. The van der Waals surface area contributed by atoms with Gasteiger partial charge in [0.2, 0.25) is 0 Å². The first-order valence-corrected chi connectivity index (χ1v) is 6.92. The van der Waals surface area contributed by atoms with Crippen LogP contribution in [0, 0.1) is 0 Å². The molecule has 0 radical (unpaired) electrons. The summed E-state index contributed by atoms with van der Waals surface area (Å²) in [5, 5.41) is 3.38. The van der Waals surface area contributed by atoms with Gasteiger partial charge in [0.15, 0.2) is 0 Å². The molecule has 4 nitrogen and oxygen atoms in total. The lowest BCUT2D eigenvalue weighted by Gasteiger charge is -2.04. The number of fused-ring (bicyclic) bond motifs is 1. The monoisotopic (exact) mass is 269 g/mol. The second-order valence-electron chi connectivity index (χ2n) is 5.32. The molecule has 0 aliphatic heterocycles. The van der Waals surface area contributed by atoms with E-state index in [0.717, 1.165) is 23.3 Å². The van der Waals surface area contributed by atoms with Gasteiger partial charge in [-0.15, -0.1) is 0 Å². The number of hydrogen-bond acceptors (Lipinski definition) is 3. The molecule has 0 aliphatic rings. The summed E-state index contributed by atoms with van der Waals surface area (Å²) in [6, 6.07) is 10.7. The van der Waals surface area contributed by atoms with E-state index in [2.05, 4.69) is 40.8 Å². The maximum atomic E-state index is 5.63. The van der Waals surface area contributed by atoms with E-state index in [0.29, 0.717) is 12.6 Å². The van der Waals surface area contributed by atoms with Gasteiger partial charge in [0.05, 0.1) is 30.2 Å². The van der Waals surface area contributed by atoms with Crippen LogP contribution in [-0.4, -0.2) is 15.6 Å². The highest BCUT2D eigenvalue weighted by molar-refractivity contribution is 5.74. The van der Waals surface area contributed by atoms with Crippen molar-refractivity contribution in [2.24, 2.45) is 0 Å². The highest BCUT2D eigenvalue weighted by Gasteiger charge is 2.06. The molecule has 3 aromatic rings. The topological polar surface area (TPSA) is 43.0 Å². The van der Waals surface area contributed by atoms with Crippen molar-refractivity contribution in [3.8, 4) is 0 Å². The van der Waals surface area contributed by atoms with Crippen molar-refractivity contribution in [2.45, 2.75) is 33.0 Å². The number of rotatable bonds is 5. The molecule has 0 spiro atoms. The van der Waals surface area contributed by atoms with E-state index >= 15 is 0 Å². The average Bonchev–Trinajstić information content (AvgIpc) is 3.05. The first-order valence-electron chi connectivity index (χ1n) is 6.92. The van der Waals surface area contributed by atoms with Gasteiger partial charge in [-0.25, -0.2) is 4.98 Å². The lowest BCUT2D eigenvalue weighted by molar-refractivity contribution is 0.492. The van der Waals surface area contributed by atoms with Gasteiger partial charge in [-0.3, -0.25) is 0 Å². The molecule has 0 unspecified atom stereocenters. The fourth-order valence-electron chi connectivity index (χ4n) is 2.23. The molecule has 3 rings (SSSR count). The summed E-state index contributed by atoms with van der Waals surface area (Å²) in [4.78, 5) is 4.39. The number of nitrogens with zero attached hydrogens (tertiary/aromatic N) is 2. The van der Waals surface area contributed by atoms with Crippen molar-refractivity contribution < 1.29 is 4.42 Å². The van der Waals surface area contributed by atoms with E-state index < -0.39 is 0 Å². The molecular weight excluding hydrogens is 250 g/mol. The molecule has 1 aromatic carbocycles. The lowest BCUT2D eigenvalue weighted by Crippen LogP contribution is -2.21. The SMILES string of the molecule is CC(C)NCc1coc(Cn2cnc3ccccc32)c1. The molecule has 0 saturated carbocycles. The fourth-order valence-corrected chi connectivity index (χ4v) is 2.23. The smallest absolute Gasteiger partial charge is 0.123 e. The molecule has 2 heterocycles. The lowest BCUT2D eigenvalue weighted by atomic mass is 10.2. The zero-order valence-electron chi connectivity index (χ0n) is 11.8. The van der Waals surface area contributed by atoms with Crippen LogP contribution in [0.25, 0.3) is 11.0 Å². The molecule has 104 valence electrons. The van der Waals surface area contributed by atoms with Gasteiger partial charge in [-0.05, 0) is 18.2 Å². The Balaban J connectivity index is 1.74. The van der Waals surface area contributed by atoms with Crippen LogP contribution in [0.4, 0.5) is 0 Å². The van der Waals surface area contributed by atoms with Crippen molar-refractivity contribution in [1.29, 1.82) is 0 Å². The number of imidazole rings is 1. The number of nitrogens with one attached hydrogen (secondary N) is 1. The molecule has 0 atom stereocenters. The maximum absolute atomic E-state index is 5.63. The van der Waals surface area contributed by atoms with Crippen LogP contribution < -0.4 is 5.32 Å². The Morgan fingerprint density at radius 3 is 3.00 bits per heavy atom. The molecule has 0 saturated heterocycles. The summed E-state index contributed by atoms with van der Waals surface area (Å²) in [6.07, 6.45) is 3.68. The van der Waals surface area contributed by atoms with Crippen LogP contribution in [0.1, 0.15) is 25.2 Å². The zero-order valence-corrected chi connectivity index (χ0v) is 11.8. The highest BCUT2D eigenvalue weighted by Crippen LogP contribution is 2.15. The Morgan fingerprint density at radius 1 is 1.30 bits per heavy atom. The fraction of sp³-hybridized carbons (Fsp3) is 0.312. The first kappa shape index (κ1) is 12.9. The molecule has 0 aliphatic carbocycles. The van der Waals surface area contributed by atoms with Crippen molar-refractivity contribution in [3.63, 3.8) is 0 Å². The molecule has 0 bridgehead atoms. The largest absolute Gasteiger partial charge is 0.467 e. The predicted octanol–water partition coefficient (Wildman–Crippen LogP) is 3.18. The summed E-state index contributed by atoms with van der Waals surface area (Å²) < 4.78 is 7.74. The number of benzene rings is 1. The maximum Gasteiger partial charge on any atom is 0.123 e. The molecule has 4 heteroatoms. The Hall–Kier alpha value is -2.07. The van der Waals surface area contributed by atoms with Crippen LogP contribution >= 0.6 is 0 Å². The third-order valence-electron chi connectivity index (χ3n) is 3.28. The summed E-state index contributed by atoms with van der Waals surface area (Å²) in [5.41, 5.74) is 3.32. The Bertz CT molecular complexity index is 696. The number of aromatic nitrogens is 2. The van der Waals surface area contributed by atoms with Gasteiger partial charge >= 0.3 is 0 Å². The molecule has 20 heavy (non-hydrogen) atoms. The van der Waals surface area contributed by atoms with Crippen LogP contribution in [0.15, 0.2) is 47.3 Å². The van der Waals surface area contributed by atoms with E-state index in [1.54, 1.807) is 0 Å². The van der Waals surface area contributed by atoms with Crippen LogP contribution in [0.3, 0.4) is 0 Å². The molecule has 0 fully saturated rings. The normalized spacial score (nSPS) is 11.6. The number of furan rings is 1. The Kier molecular flexibility index (Phi) is 3.56. The summed E-state index contributed by atoms with van der Waals surface area (Å²) >= 11 is 0. The van der Waals surface area contributed by atoms with Gasteiger partial charge in [0.1, 0.15) is 5.76 Å². The average molecular weight is 269 g/mol.